The van der Waals surface area contributed by atoms with E-state index in [0.29, 0.717) is 30.2 Å². The van der Waals surface area contributed by atoms with E-state index in [0.717, 1.165) is 22.3 Å². The molecule has 0 atom stereocenters. The summed E-state index contributed by atoms with van der Waals surface area (Å²) in [5.41, 5.74) is 4.51. The highest BCUT2D eigenvalue weighted by atomic mass is 16.5. The molecule has 3 aromatic rings. The monoisotopic (exact) mass is 421 g/mol. The third kappa shape index (κ3) is 5.51. The lowest BCUT2D eigenvalue weighted by Gasteiger charge is -2.11. The van der Waals surface area contributed by atoms with E-state index in [2.05, 4.69) is 16.5 Å². The lowest BCUT2D eigenvalue weighted by atomic mass is 10.0. The zero-order valence-corrected chi connectivity index (χ0v) is 18.3. The largest absolute Gasteiger partial charge is 0.493 e. The smallest absolute Gasteiger partial charge is 0.267 e. The number of amides is 1. The third-order valence-electron chi connectivity index (χ3n) is 5.00. The lowest BCUT2D eigenvalue weighted by molar-refractivity contribution is -0.121. The second kappa shape index (κ2) is 9.93. The Morgan fingerprint density at radius 2 is 1.77 bits per heavy atom. The number of methoxy groups -OCH3 is 2. The van der Waals surface area contributed by atoms with Gasteiger partial charge in [0.05, 0.1) is 19.9 Å². The quantitative estimate of drug-likeness (QED) is 0.605. The van der Waals surface area contributed by atoms with Gasteiger partial charge in [-0.2, -0.15) is 5.10 Å². The van der Waals surface area contributed by atoms with Crippen molar-refractivity contribution in [3.05, 3.63) is 75.6 Å². The Morgan fingerprint density at radius 1 is 1.00 bits per heavy atom. The van der Waals surface area contributed by atoms with Gasteiger partial charge in [-0.05, 0) is 49.6 Å². The summed E-state index contributed by atoms with van der Waals surface area (Å²) in [5.74, 6) is 1.03. The summed E-state index contributed by atoms with van der Waals surface area (Å²) in [7, 11) is 3.17. The van der Waals surface area contributed by atoms with Crippen molar-refractivity contribution in [2.24, 2.45) is 0 Å². The SMILES string of the molecule is COc1ccc(CCNC(=O)Cn2nc(-c3ccc(C)cc3C)ccc2=O)cc1OC. The zero-order chi connectivity index (χ0) is 22.4. The maximum absolute atomic E-state index is 12.4. The van der Waals surface area contributed by atoms with Crippen molar-refractivity contribution in [2.75, 3.05) is 20.8 Å². The average Bonchev–Trinajstić information content (AvgIpc) is 2.75. The molecule has 1 N–H and O–H groups in total. The number of hydrogen-bond donors (Lipinski definition) is 1. The van der Waals surface area contributed by atoms with E-state index in [1.165, 1.54) is 10.7 Å². The number of carbonyl (C=O) groups excluding carboxylic acids is 1. The summed E-state index contributed by atoms with van der Waals surface area (Å²) in [6, 6.07) is 14.8. The summed E-state index contributed by atoms with van der Waals surface area (Å²) in [6.45, 7) is 4.32. The Hall–Kier alpha value is -3.61. The van der Waals surface area contributed by atoms with Gasteiger partial charge in [0.2, 0.25) is 5.91 Å². The van der Waals surface area contributed by atoms with Gasteiger partial charge in [0.15, 0.2) is 11.5 Å². The van der Waals surface area contributed by atoms with Crippen molar-refractivity contribution in [3.8, 4) is 22.8 Å². The molecule has 0 spiro atoms. The van der Waals surface area contributed by atoms with E-state index >= 15 is 0 Å². The topological polar surface area (TPSA) is 82.5 Å². The molecule has 31 heavy (non-hydrogen) atoms. The maximum atomic E-state index is 12.4. The van der Waals surface area contributed by atoms with Gasteiger partial charge in [-0.25, -0.2) is 4.68 Å². The van der Waals surface area contributed by atoms with Crippen LogP contribution in [0.1, 0.15) is 16.7 Å². The van der Waals surface area contributed by atoms with Crippen LogP contribution in [0.3, 0.4) is 0 Å². The Balaban J connectivity index is 1.63. The highest BCUT2D eigenvalue weighted by Crippen LogP contribution is 2.27. The average molecular weight is 421 g/mol. The van der Waals surface area contributed by atoms with Crippen molar-refractivity contribution in [3.63, 3.8) is 0 Å². The predicted molar refractivity (Wildman–Crippen MR) is 120 cm³/mol. The number of rotatable bonds is 8. The van der Waals surface area contributed by atoms with Crippen LogP contribution in [0.5, 0.6) is 11.5 Å². The normalized spacial score (nSPS) is 10.6. The molecule has 0 bridgehead atoms. The molecule has 7 heteroatoms. The van der Waals surface area contributed by atoms with Crippen molar-refractivity contribution in [1.82, 2.24) is 15.1 Å². The standard InChI is InChI=1S/C24H27N3O4/c1-16-5-7-19(17(2)13-16)20-8-10-24(29)27(26-20)15-23(28)25-12-11-18-6-9-21(30-3)22(14-18)31-4/h5-10,13-14H,11-12,15H2,1-4H3,(H,25,28). The van der Waals surface area contributed by atoms with E-state index in [-0.39, 0.29) is 18.0 Å². The summed E-state index contributed by atoms with van der Waals surface area (Å²) in [6.07, 6.45) is 0.622. The predicted octanol–water partition coefficient (Wildman–Crippen LogP) is 2.90. The van der Waals surface area contributed by atoms with Gasteiger partial charge in [0.1, 0.15) is 6.54 Å². The van der Waals surface area contributed by atoms with Gasteiger partial charge in [-0.1, -0.05) is 29.8 Å². The number of hydrogen-bond acceptors (Lipinski definition) is 5. The summed E-state index contributed by atoms with van der Waals surface area (Å²) >= 11 is 0. The zero-order valence-electron chi connectivity index (χ0n) is 18.3. The lowest BCUT2D eigenvalue weighted by Crippen LogP contribution is -2.34. The van der Waals surface area contributed by atoms with E-state index in [4.69, 9.17) is 9.47 Å². The molecule has 162 valence electrons. The Kier molecular flexibility index (Phi) is 7.07. The molecule has 0 saturated heterocycles. The number of benzene rings is 2. The number of nitrogens with zero attached hydrogens (tertiary/aromatic N) is 2. The molecule has 0 radical (unpaired) electrons. The highest BCUT2D eigenvalue weighted by molar-refractivity contribution is 5.75. The molecule has 0 aliphatic heterocycles. The van der Waals surface area contributed by atoms with Gasteiger partial charge < -0.3 is 14.8 Å². The van der Waals surface area contributed by atoms with Crippen LogP contribution in [0.2, 0.25) is 0 Å². The molecule has 1 amide bonds. The molecule has 7 nitrogen and oxygen atoms in total. The fourth-order valence-electron chi connectivity index (χ4n) is 3.38. The van der Waals surface area contributed by atoms with E-state index in [1.807, 2.05) is 44.2 Å². The summed E-state index contributed by atoms with van der Waals surface area (Å²) < 4.78 is 11.7. The van der Waals surface area contributed by atoms with Crippen molar-refractivity contribution in [2.45, 2.75) is 26.8 Å². The first-order valence-electron chi connectivity index (χ1n) is 10.0. The molecule has 1 heterocycles. The number of aryl methyl sites for hydroxylation is 2. The van der Waals surface area contributed by atoms with Gasteiger partial charge in [-0.3, -0.25) is 9.59 Å². The van der Waals surface area contributed by atoms with E-state index in [9.17, 15) is 9.59 Å². The fraction of sp³-hybridized carbons (Fsp3) is 0.292. The number of ether oxygens (including phenoxy) is 2. The Bertz CT molecular complexity index is 1140. The first-order chi connectivity index (χ1) is 14.9. The van der Waals surface area contributed by atoms with Crippen molar-refractivity contribution < 1.29 is 14.3 Å². The van der Waals surface area contributed by atoms with Crippen LogP contribution in [-0.2, 0) is 17.8 Å². The van der Waals surface area contributed by atoms with Crippen molar-refractivity contribution in [1.29, 1.82) is 0 Å². The molecule has 3 rings (SSSR count). The highest BCUT2D eigenvalue weighted by Gasteiger charge is 2.10. The molecule has 0 aliphatic rings. The minimum Gasteiger partial charge on any atom is -0.493 e. The van der Waals surface area contributed by atoms with Gasteiger partial charge in [-0.15, -0.1) is 0 Å². The Morgan fingerprint density at radius 3 is 2.48 bits per heavy atom. The van der Waals surface area contributed by atoms with Gasteiger partial charge >= 0.3 is 0 Å². The molecule has 0 saturated carbocycles. The van der Waals surface area contributed by atoms with Crippen LogP contribution in [0.4, 0.5) is 0 Å². The second-order valence-electron chi connectivity index (χ2n) is 7.32. The summed E-state index contributed by atoms with van der Waals surface area (Å²) in [4.78, 5) is 24.6. The van der Waals surface area contributed by atoms with E-state index in [1.54, 1.807) is 20.3 Å². The molecule has 0 fully saturated rings. The second-order valence-corrected chi connectivity index (χ2v) is 7.32. The first kappa shape index (κ1) is 22.1. The van der Waals surface area contributed by atoms with Gasteiger partial charge in [0, 0.05) is 18.2 Å². The molecule has 1 aromatic heterocycles. The van der Waals surface area contributed by atoms with Crippen LogP contribution in [0, 0.1) is 13.8 Å². The number of nitrogens with one attached hydrogen (secondary N) is 1. The van der Waals surface area contributed by atoms with Crippen LogP contribution in [-0.4, -0.2) is 36.5 Å². The minimum absolute atomic E-state index is 0.135. The summed E-state index contributed by atoms with van der Waals surface area (Å²) in [5, 5.41) is 7.23. The van der Waals surface area contributed by atoms with Crippen LogP contribution < -0.4 is 20.3 Å². The van der Waals surface area contributed by atoms with E-state index < -0.39 is 0 Å². The maximum Gasteiger partial charge on any atom is 0.267 e. The fourth-order valence-corrected chi connectivity index (χ4v) is 3.38. The number of aromatic nitrogens is 2. The molecular formula is C24H27N3O4. The van der Waals surface area contributed by atoms with Crippen LogP contribution in [0.25, 0.3) is 11.3 Å². The molecule has 0 unspecified atom stereocenters. The first-order valence-corrected chi connectivity index (χ1v) is 10.0. The van der Waals surface area contributed by atoms with Gasteiger partial charge in [0.25, 0.3) is 5.56 Å². The van der Waals surface area contributed by atoms with Crippen molar-refractivity contribution >= 4 is 5.91 Å². The molecular weight excluding hydrogens is 394 g/mol. The Labute approximate surface area is 181 Å². The number of carbonyl (C=O) groups is 1. The molecule has 0 aliphatic carbocycles. The van der Waals surface area contributed by atoms with Crippen LogP contribution >= 0.6 is 0 Å². The third-order valence-corrected chi connectivity index (χ3v) is 5.00. The van der Waals surface area contributed by atoms with Crippen LogP contribution in [0.15, 0.2) is 53.3 Å². The minimum atomic E-state index is -0.316. The molecule has 2 aromatic carbocycles.